The van der Waals surface area contributed by atoms with Crippen LogP contribution in [0.5, 0.6) is 0 Å². The molecule has 1 atom stereocenters. The molecular formula is C9H16N2. The third kappa shape index (κ3) is 1.82. The van der Waals surface area contributed by atoms with E-state index in [0.29, 0.717) is 11.6 Å². The third-order valence-electron chi connectivity index (χ3n) is 2.30. The zero-order valence-electron chi connectivity index (χ0n) is 7.28. The quantitative estimate of drug-likeness (QED) is 0.555. The Labute approximate surface area is 68.0 Å². The van der Waals surface area contributed by atoms with E-state index in [2.05, 4.69) is 6.92 Å². The fourth-order valence-electron chi connectivity index (χ4n) is 1.58. The molecular weight excluding hydrogens is 136 g/mol. The molecule has 1 aliphatic rings. The van der Waals surface area contributed by atoms with Gasteiger partial charge in [-0.3, -0.25) is 0 Å². The van der Waals surface area contributed by atoms with Crippen molar-refractivity contribution in [3.8, 4) is 0 Å². The van der Waals surface area contributed by atoms with E-state index >= 15 is 0 Å². The summed E-state index contributed by atoms with van der Waals surface area (Å²) in [6.45, 7) is 4.03. The van der Waals surface area contributed by atoms with Crippen LogP contribution in [0.3, 0.4) is 0 Å². The van der Waals surface area contributed by atoms with E-state index in [4.69, 9.17) is 11.1 Å². The number of rotatable bonds is 1. The summed E-state index contributed by atoms with van der Waals surface area (Å²) in [4.78, 5) is 0. The highest BCUT2D eigenvalue weighted by atomic mass is 14.6. The van der Waals surface area contributed by atoms with Crippen molar-refractivity contribution in [2.24, 2.45) is 11.7 Å². The summed E-state index contributed by atoms with van der Waals surface area (Å²) in [5.74, 6) is 0.707. The van der Waals surface area contributed by atoms with E-state index in [1.807, 2.05) is 6.92 Å². The van der Waals surface area contributed by atoms with Crippen LogP contribution in [0, 0.1) is 11.3 Å². The summed E-state index contributed by atoms with van der Waals surface area (Å²) in [6, 6.07) is 0. The van der Waals surface area contributed by atoms with Gasteiger partial charge in [-0.05, 0) is 37.7 Å². The third-order valence-corrected chi connectivity index (χ3v) is 2.30. The Morgan fingerprint density at radius 1 is 1.64 bits per heavy atom. The first-order valence-corrected chi connectivity index (χ1v) is 4.14. The predicted octanol–water partition coefficient (Wildman–Crippen LogP) is 2.06. The second kappa shape index (κ2) is 3.07. The minimum atomic E-state index is 0.648. The molecule has 0 amide bonds. The van der Waals surface area contributed by atoms with Crippen molar-refractivity contribution in [3.63, 3.8) is 0 Å². The van der Waals surface area contributed by atoms with Gasteiger partial charge in [0.1, 0.15) is 0 Å². The molecule has 0 aromatic rings. The summed E-state index contributed by atoms with van der Waals surface area (Å²) in [5, 5.41) is 7.45. The molecule has 0 aromatic carbocycles. The minimum Gasteiger partial charge on any atom is -0.402 e. The van der Waals surface area contributed by atoms with Crippen molar-refractivity contribution in [2.45, 2.75) is 33.1 Å². The van der Waals surface area contributed by atoms with Gasteiger partial charge < -0.3 is 11.1 Å². The molecule has 2 nitrogen and oxygen atoms in total. The van der Waals surface area contributed by atoms with Crippen LogP contribution in [0.15, 0.2) is 11.3 Å². The van der Waals surface area contributed by atoms with Gasteiger partial charge in [0.15, 0.2) is 0 Å². The summed E-state index contributed by atoms with van der Waals surface area (Å²) in [5.41, 5.74) is 8.48. The maximum atomic E-state index is 7.45. The lowest BCUT2D eigenvalue weighted by Crippen LogP contribution is -2.16. The van der Waals surface area contributed by atoms with Crippen molar-refractivity contribution in [1.29, 1.82) is 5.41 Å². The van der Waals surface area contributed by atoms with Crippen molar-refractivity contribution < 1.29 is 0 Å². The number of allylic oxidation sites excluding steroid dienone is 2. The SMILES string of the molecule is CC(=N)C1=C(N)C[C@H](C)CC1. The Morgan fingerprint density at radius 3 is 2.73 bits per heavy atom. The summed E-state index contributed by atoms with van der Waals surface area (Å²) in [6.07, 6.45) is 3.17. The number of nitrogens with two attached hydrogens (primary N) is 1. The van der Waals surface area contributed by atoms with E-state index in [0.717, 1.165) is 24.1 Å². The van der Waals surface area contributed by atoms with Gasteiger partial charge in [0.2, 0.25) is 0 Å². The van der Waals surface area contributed by atoms with E-state index in [1.54, 1.807) is 0 Å². The fraction of sp³-hybridized carbons (Fsp3) is 0.667. The van der Waals surface area contributed by atoms with E-state index < -0.39 is 0 Å². The van der Waals surface area contributed by atoms with E-state index in [1.165, 1.54) is 6.42 Å². The standard InChI is InChI=1S/C9H16N2/c1-6-3-4-8(7(2)10)9(11)5-6/h6,10H,3-5,11H2,1-2H3/t6-/m1/s1. The van der Waals surface area contributed by atoms with Crippen LogP contribution in [0.1, 0.15) is 33.1 Å². The summed E-state index contributed by atoms with van der Waals surface area (Å²) in [7, 11) is 0. The minimum absolute atomic E-state index is 0.648. The van der Waals surface area contributed by atoms with Crippen LogP contribution in [-0.2, 0) is 0 Å². The van der Waals surface area contributed by atoms with Crippen LogP contribution in [0.2, 0.25) is 0 Å². The van der Waals surface area contributed by atoms with Crippen LogP contribution < -0.4 is 5.73 Å². The molecule has 0 aliphatic heterocycles. The van der Waals surface area contributed by atoms with Gasteiger partial charge in [-0.1, -0.05) is 6.92 Å². The molecule has 1 aliphatic carbocycles. The van der Waals surface area contributed by atoms with Crippen molar-refractivity contribution in [3.05, 3.63) is 11.3 Å². The Morgan fingerprint density at radius 2 is 2.27 bits per heavy atom. The molecule has 0 bridgehead atoms. The molecule has 0 saturated heterocycles. The average molecular weight is 152 g/mol. The van der Waals surface area contributed by atoms with E-state index in [9.17, 15) is 0 Å². The number of hydrogen-bond acceptors (Lipinski definition) is 2. The second-order valence-corrected chi connectivity index (χ2v) is 3.48. The lowest BCUT2D eigenvalue weighted by molar-refractivity contribution is 0.500. The van der Waals surface area contributed by atoms with Crippen LogP contribution in [-0.4, -0.2) is 5.71 Å². The molecule has 0 unspecified atom stereocenters. The van der Waals surface area contributed by atoms with Crippen molar-refractivity contribution in [2.75, 3.05) is 0 Å². The Hall–Kier alpha value is -0.790. The highest BCUT2D eigenvalue weighted by Gasteiger charge is 2.16. The maximum Gasteiger partial charge on any atom is 0.0332 e. The maximum absolute atomic E-state index is 7.45. The van der Waals surface area contributed by atoms with Crippen molar-refractivity contribution >= 4 is 5.71 Å². The van der Waals surface area contributed by atoms with Gasteiger partial charge in [0.05, 0.1) is 0 Å². The smallest absolute Gasteiger partial charge is 0.0332 e. The first-order chi connectivity index (χ1) is 5.11. The highest BCUT2D eigenvalue weighted by molar-refractivity contribution is 5.96. The first kappa shape index (κ1) is 8.31. The molecule has 0 aromatic heterocycles. The highest BCUT2D eigenvalue weighted by Crippen LogP contribution is 2.26. The number of nitrogens with one attached hydrogen (secondary N) is 1. The van der Waals surface area contributed by atoms with Gasteiger partial charge in [-0.15, -0.1) is 0 Å². The van der Waals surface area contributed by atoms with Gasteiger partial charge in [0.25, 0.3) is 0 Å². The molecule has 3 N–H and O–H groups in total. The predicted molar refractivity (Wildman–Crippen MR) is 47.6 cm³/mol. The van der Waals surface area contributed by atoms with Crippen LogP contribution in [0.25, 0.3) is 0 Å². The zero-order valence-corrected chi connectivity index (χ0v) is 7.28. The zero-order chi connectivity index (χ0) is 8.43. The monoisotopic (exact) mass is 152 g/mol. The topological polar surface area (TPSA) is 49.9 Å². The molecule has 2 heteroatoms. The molecule has 0 fully saturated rings. The average Bonchev–Trinajstić information content (AvgIpc) is 1.85. The lowest BCUT2D eigenvalue weighted by atomic mass is 9.87. The molecule has 0 saturated carbocycles. The van der Waals surface area contributed by atoms with Gasteiger partial charge in [-0.2, -0.15) is 0 Å². The van der Waals surface area contributed by atoms with Crippen LogP contribution in [0.4, 0.5) is 0 Å². The van der Waals surface area contributed by atoms with Gasteiger partial charge in [-0.25, -0.2) is 0 Å². The van der Waals surface area contributed by atoms with Crippen LogP contribution >= 0.6 is 0 Å². The molecule has 11 heavy (non-hydrogen) atoms. The van der Waals surface area contributed by atoms with Gasteiger partial charge >= 0.3 is 0 Å². The molecule has 62 valence electrons. The first-order valence-electron chi connectivity index (χ1n) is 4.14. The normalized spacial score (nSPS) is 25.5. The Bertz CT molecular complexity index is 204. The van der Waals surface area contributed by atoms with E-state index in [-0.39, 0.29) is 0 Å². The second-order valence-electron chi connectivity index (χ2n) is 3.48. The Kier molecular flexibility index (Phi) is 2.32. The summed E-state index contributed by atoms with van der Waals surface area (Å²) >= 11 is 0. The largest absolute Gasteiger partial charge is 0.402 e. The lowest BCUT2D eigenvalue weighted by Gasteiger charge is -2.21. The molecule has 0 heterocycles. The molecule has 0 spiro atoms. The van der Waals surface area contributed by atoms with Gasteiger partial charge in [0, 0.05) is 11.4 Å². The Balaban J connectivity index is 2.78. The number of hydrogen-bond donors (Lipinski definition) is 2. The molecule has 1 rings (SSSR count). The summed E-state index contributed by atoms with van der Waals surface area (Å²) < 4.78 is 0. The fourth-order valence-corrected chi connectivity index (χ4v) is 1.58. The molecule has 0 radical (unpaired) electrons. The van der Waals surface area contributed by atoms with Crippen molar-refractivity contribution in [1.82, 2.24) is 0 Å².